The number of H-pyrrole nitrogens is 1. The van der Waals surface area contributed by atoms with Crippen molar-refractivity contribution >= 4 is 51.6 Å². The van der Waals surface area contributed by atoms with E-state index in [1.165, 1.54) is 6.33 Å². The number of anilines is 2. The van der Waals surface area contributed by atoms with Crippen molar-refractivity contribution in [3.63, 3.8) is 0 Å². The van der Waals surface area contributed by atoms with Gasteiger partial charge in [0.15, 0.2) is 0 Å². The lowest BCUT2D eigenvalue weighted by Crippen LogP contribution is -2.35. The standard InChI is InChI=1S/C21H21Cl2N5O2/c1-30-17-8-14(23)13(22)7-16(17)28-20-18-12-6-10(21(29)26-11-3-4-11)2-5-15(12)27-19(18)24-9-25-20/h7-11H,2-6H2,1H3,(H,26,29)(H2,24,25,27,28)/t10-/m1/s1. The minimum absolute atomic E-state index is 0.0373. The van der Waals surface area contributed by atoms with E-state index in [9.17, 15) is 4.79 Å². The van der Waals surface area contributed by atoms with Crippen molar-refractivity contribution in [1.29, 1.82) is 0 Å². The summed E-state index contributed by atoms with van der Waals surface area (Å²) in [5, 5.41) is 8.17. The number of halogens is 2. The van der Waals surface area contributed by atoms with Gasteiger partial charge in [0, 0.05) is 23.7 Å². The number of benzene rings is 1. The Morgan fingerprint density at radius 3 is 2.77 bits per heavy atom. The molecule has 156 valence electrons. The molecule has 9 heteroatoms. The Kier molecular flexibility index (Phi) is 4.95. The summed E-state index contributed by atoms with van der Waals surface area (Å²) in [5.41, 5.74) is 3.61. The summed E-state index contributed by atoms with van der Waals surface area (Å²) in [6.45, 7) is 0. The summed E-state index contributed by atoms with van der Waals surface area (Å²) in [6, 6.07) is 3.74. The van der Waals surface area contributed by atoms with Gasteiger partial charge in [0.2, 0.25) is 5.91 Å². The average Bonchev–Trinajstić information content (AvgIpc) is 3.47. The fourth-order valence-electron chi connectivity index (χ4n) is 4.03. The molecule has 0 unspecified atom stereocenters. The zero-order valence-corrected chi connectivity index (χ0v) is 17.9. The van der Waals surface area contributed by atoms with Crippen molar-refractivity contribution in [2.45, 2.75) is 38.1 Å². The van der Waals surface area contributed by atoms with E-state index in [2.05, 4.69) is 25.6 Å². The van der Waals surface area contributed by atoms with Crippen molar-refractivity contribution in [2.24, 2.45) is 5.92 Å². The number of hydrogen-bond acceptors (Lipinski definition) is 5. The van der Waals surface area contributed by atoms with E-state index in [-0.39, 0.29) is 11.8 Å². The molecule has 2 aliphatic carbocycles. The Morgan fingerprint density at radius 1 is 1.20 bits per heavy atom. The zero-order chi connectivity index (χ0) is 20.8. The predicted octanol–water partition coefficient (Wildman–Crippen LogP) is 4.40. The van der Waals surface area contributed by atoms with Crippen LogP contribution in [0.2, 0.25) is 10.0 Å². The molecule has 2 heterocycles. The maximum Gasteiger partial charge on any atom is 0.223 e. The first-order valence-electron chi connectivity index (χ1n) is 9.98. The van der Waals surface area contributed by atoms with Crippen LogP contribution in [-0.4, -0.2) is 34.0 Å². The topological polar surface area (TPSA) is 91.9 Å². The molecule has 1 saturated carbocycles. The molecule has 1 fully saturated rings. The highest BCUT2D eigenvalue weighted by Gasteiger charge is 2.32. The van der Waals surface area contributed by atoms with Gasteiger partial charge >= 0.3 is 0 Å². The molecule has 2 aliphatic rings. The van der Waals surface area contributed by atoms with Crippen molar-refractivity contribution in [3.05, 3.63) is 39.8 Å². The van der Waals surface area contributed by atoms with Crippen LogP contribution in [0.15, 0.2) is 18.5 Å². The third-order valence-corrected chi connectivity index (χ3v) is 6.49. The first-order chi connectivity index (χ1) is 14.5. The molecule has 3 N–H and O–H groups in total. The number of carbonyl (C=O) groups is 1. The summed E-state index contributed by atoms with van der Waals surface area (Å²) in [6.07, 6.45) is 5.98. The first kappa shape index (κ1) is 19.5. The molecule has 1 amide bonds. The second-order valence-corrected chi connectivity index (χ2v) is 8.66. The average molecular weight is 446 g/mol. The van der Waals surface area contributed by atoms with Crippen molar-refractivity contribution in [1.82, 2.24) is 20.3 Å². The van der Waals surface area contributed by atoms with E-state index in [0.717, 1.165) is 48.0 Å². The van der Waals surface area contributed by atoms with Crippen molar-refractivity contribution in [2.75, 3.05) is 12.4 Å². The number of amides is 1. The van der Waals surface area contributed by atoms with Crippen LogP contribution in [0, 0.1) is 5.92 Å². The van der Waals surface area contributed by atoms with Gasteiger partial charge in [-0.05, 0) is 43.7 Å². The molecule has 30 heavy (non-hydrogen) atoms. The number of aromatic amines is 1. The number of rotatable bonds is 5. The predicted molar refractivity (Wildman–Crippen MR) is 117 cm³/mol. The fraction of sp³-hybridized carbons (Fsp3) is 0.381. The molecule has 0 aliphatic heterocycles. The number of fused-ring (bicyclic) bond motifs is 3. The van der Waals surface area contributed by atoms with Crippen LogP contribution in [0.5, 0.6) is 5.75 Å². The quantitative estimate of drug-likeness (QED) is 0.541. The van der Waals surface area contributed by atoms with Crippen LogP contribution in [0.4, 0.5) is 11.5 Å². The molecule has 2 aromatic heterocycles. The molecule has 0 radical (unpaired) electrons. The summed E-state index contributed by atoms with van der Waals surface area (Å²) in [4.78, 5) is 24.9. The highest BCUT2D eigenvalue weighted by Crippen LogP contribution is 2.39. The van der Waals surface area contributed by atoms with Gasteiger partial charge < -0.3 is 20.4 Å². The van der Waals surface area contributed by atoms with Gasteiger partial charge in [-0.25, -0.2) is 9.97 Å². The molecule has 0 spiro atoms. The monoisotopic (exact) mass is 445 g/mol. The maximum absolute atomic E-state index is 12.6. The second-order valence-electron chi connectivity index (χ2n) is 7.84. The van der Waals surface area contributed by atoms with Gasteiger partial charge in [0.1, 0.15) is 23.5 Å². The van der Waals surface area contributed by atoms with E-state index in [1.807, 2.05) is 0 Å². The SMILES string of the molecule is COc1cc(Cl)c(Cl)cc1Nc1ncnc2[nH]c3c(c12)C[C@H](C(=O)NC1CC1)CC3. The van der Waals surface area contributed by atoms with Gasteiger partial charge in [0.25, 0.3) is 0 Å². The molecular weight excluding hydrogens is 425 g/mol. The number of nitrogens with zero attached hydrogens (tertiary/aromatic N) is 2. The van der Waals surface area contributed by atoms with Gasteiger partial charge in [0.05, 0.1) is 28.2 Å². The molecule has 5 rings (SSSR count). The number of hydrogen-bond donors (Lipinski definition) is 3. The smallest absolute Gasteiger partial charge is 0.223 e. The van der Waals surface area contributed by atoms with Gasteiger partial charge in [-0.3, -0.25) is 4.79 Å². The number of nitrogens with one attached hydrogen (secondary N) is 3. The van der Waals surface area contributed by atoms with E-state index < -0.39 is 0 Å². The second kappa shape index (κ2) is 7.63. The Labute approximate surface area is 183 Å². The van der Waals surface area contributed by atoms with Crippen LogP contribution in [0.1, 0.15) is 30.5 Å². The van der Waals surface area contributed by atoms with E-state index in [1.54, 1.807) is 19.2 Å². The lowest BCUT2D eigenvalue weighted by Gasteiger charge is -2.22. The lowest BCUT2D eigenvalue weighted by molar-refractivity contribution is -0.125. The number of aryl methyl sites for hydroxylation is 1. The maximum atomic E-state index is 12.6. The Hall–Kier alpha value is -2.51. The summed E-state index contributed by atoms with van der Waals surface area (Å²) < 4.78 is 5.44. The highest BCUT2D eigenvalue weighted by molar-refractivity contribution is 6.42. The molecule has 0 bridgehead atoms. The molecule has 0 saturated heterocycles. The minimum atomic E-state index is -0.0373. The van der Waals surface area contributed by atoms with Crippen molar-refractivity contribution in [3.8, 4) is 5.75 Å². The summed E-state index contributed by atoms with van der Waals surface area (Å²) in [5.74, 6) is 1.30. The largest absolute Gasteiger partial charge is 0.495 e. The molecular formula is C21H21Cl2N5O2. The third kappa shape index (κ3) is 3.56. The number of aromatic nitrogens is 3. The van der Waals surface area contributed by atoms with E-state index in [0.29, 0.717) is 39.8 Å². The van der Waals surface area contributed by atoms with E-state index >= 15 is 0 Å². The number of ether oxygens (including phenoxy) is 1. The van der Waals surface area contributed by atoms with Crippen LogP contribution in [0.25, 0.3) is 11.0 Å². The summed E-state index contributed by atoms with van der Waals surface area (Å²) >= 11 is 12.3. The Balaban J connectivity index is 1.51. The van der Waals surface area contributed by atoms with Crippen LogP contribution >= 0.6 is 23.2 Å². The van der Waals surface area contributed by atoms with Crippen LogP contribution in [0.3, 0.4) is 0 Å². The van der Waals surface area contributed by atoms with Gasteiger partial charge in [-0.15, -0.1) is 0 Å². The Morgan fingerprint density at radius 2 is 2.00 bits per heavy atom. The normalized spacial score (nSPS) is 18.2. The van der Waals surface area contributed by atoms with E-state index in [4.69, 9.17) is 27.9 Å². The number of carbonyl (C=O) groups excluding carboxylic acids is 1. The lowest BCUT2D eigenvalue weighted by atomic mass is 9.86. The third-order valence-electron chi connectivity index (χ3n) is 5.77. The first-order valence-corrected chi connectivity index (χ1v) is 10.7. The summed E-state index contributed by atoms with van der Waals surface area (Å²) in [7, 11) is 1.57. The van der Waals surface area contributed by atoms with Gasteiger partial charge in [-0.1, -0.05) is 23.2 Å². The van der Waals surface area contributed by atoms with Crippen LogP contribution < -0.4 is 15.4 Å². The Bertz CT molecular complexity index is 1140. The van der Waals surface area contributed by atoms with Crippen LogP contribution in [-0.2, 0) is 17.6 Å². The molecule has 3 aromatic rings. The van der Waals surface area contributed by atoms with Gasteiger partial charge in [-0.2, -0.15) is 0 Å². The number of methoxy groups -OCH3 is 1. The molecule has 1 atom stereocenters. The highest BCUT2D eigenvalue weighted by atomic mass is 35.5. The minimum Gasteiger partial charge on any atom is -0.495 e. The molecule has 7 nitrogen and oxygen atoms in total. The zero-order valence-electron chi connectivity index (χ0n) is 16.4. The van der Waals surface area contributed by atoms with Crippen molar-refractivity contribution < 1.29 is 9.53 Å². The fourth-order valence-corrected chi connectivity index (χ4v) is 4.35. The molecule has 1 aromatic carbocycles.